The van der Waals surface area contributed by atoms with Gasteiger partial charge in [-0.3, -0.25) is 14.4 Å². The van der Waals surface area contributed by atoms with Crippen LogP contribution in [0.5, 0.6) is 23.0 Å². The molecule has 2 aromatic rings. The molecule has 0 unspecified atom stereocenters. The first-order chi connectivity index (χ1) is 22.6. The molecule has 0 amide bonds. The zero-order valence-electron chi connectivity index (χ0n) is 26.6. The Balaban J connectivity index is 1.67. The summed E-state index contributed by atoms with van der Waals surface area (Å²) in [7, 11) is 3.16. The average Bonchev–Trinajstić information content (AvgIpc) is 3.05. The highest BCUT2D eigenvalue weighted by Gasteiger charge is 2.63. The molecule has 3 aliphatic rings. The van der Waals surface area contributed by atoms with Gasteiger partial charge in [-0.1, -0.05) is 13.8 Å². The predicted octanol–water partition coefficient (Wildman–Crippen LogP) is 1.75. The number of benzene rings is 2. The van der Waals surface area contributed by atoms with Gasteiger partial charge in [0.05, 0.1) is 39.7 Å². The van der Waals surface area contributed by atoms with Crippen LogP contribution in [0.4, 0.5) is 0 Å². The van der Waals surface area contributed by atoms with Crippen LogP contribution in [0.1, 0.15) is 49.0 Å². The van der Waals surface area contributed by atoms with Gasteiger partial charge in [-0.15, -0.1) is 0 Å². The summed E-state index contributed by atoms with van der Waals surface area (Å²) in [6, 6.07) is 4.80. The van der Waals surface area contributed by atoms with E-state index in [2.05, 4.69) is 4.74 Å². The van der Waals surface area contributed by atoms with Crippen molar-refractivity contribution >= 4 is 35.2 Å². The number of carbonyl (C=O) groups excluding carboxylic acids is 5. The smallest absolute Gasteiger partial charge is 0.358 e. The molecule has 0 bridgehead atoms. The van der Waals surface area contributed by atoms with E-state index in [0.717, 1.165) is 27.4 Å². The summed E-state index contributed by atoms with van der Waals surface area (Å²) in [4.78, 5) is 65.1. The van der Waals surface area contributed by atoms with Gasteiger partial charge in [0.1, 0.15) is 52.1 Å². The zero-order valence-corrected chi connectivity index (χ0v) is 26.6. The van der Waals surface area contributed by atoms with Crippen LogP contribution >= 0.6 is 0 Å². The highest BCUT2D eigenvalue weighted by Crippen LogP contribution is 2.55. The van der Waals surface area contributed by atoms with Crippen LogP contribution in [-0.4, -0.2) is 99.7 Å². The number of hydrogen-bond acceptors (Lipinski definition) is 15. The summed E-state index contributed by atoms with van der Waals surface area (Å²) in [6.45, 7) is 2.93. The van der Waals surface area contributed by atoms with Crippen molar-refractivity contribution in [3.63, 3.8) is 0 Å². The molecule has 256 valence electrons. The van der Waals surface area contributed by atoms with E-state index < -0.39 is 111 Å². The van der Waals surface area contributed by atoms with Crippen molar-refractivity contribution in [2.75, 3.05) is 21.3 Å². The van der Waals surface area contributed by atoms with Gasteiger partial charge in [0.25, 0.3) is 5.60 Å². The van der Waals surface area contributed by atoms with Crippen molar-refractivity contribution in [3.05, 3.63) is 41.0 Å². The molecule has 15 heteroatoms. The minimum Gasteiger partial charge on any atom is -0.507 e. The molecule has 1 saturated carbocycles. The fourth-order valence-electron chi connectivity index (χ4n) is 6.70. The number of phenolic OH excluding ortho intramolecular Hbond substituents is 2. The minimum absolute atomic E-state index is 0.0980. The molecule has 2 heterocycles. The van der Waals surface area contributed by atoms with Crippen LogP contribution in [0.2, 0.25) is 0 Å². The molecule has 0 spiro atoms. The van der Waals surface area contributed by atoms with Crippen LogP contribution in [0, 0.1) is 11.8 Å². The third kappa shape index (κ3) is 4.83. The fourth-order valence-corrected chi connectivity index (χ4v) is 6.70. The number of ketones is 2. The maximum absolute atomic E-state index is 13.7. The number of carbonyl (C=O) groups is 5. The summed E-state index contributed by atoms with van der Waals surface area (Å²) >= 11 is 0. The molecule has 1 aliphatic carbocycles. The number of esters is 3. The lowest BCUT2D eigenvalue weighted by Gasteiger charge is -2.45. The highest BCUT2D eigenvalue weighted by atomic mass is 16.6. The van der Waals surface area contributed by atoms with Crippen molar-refractivity contribution < 1.29 is 73.2 Å². The van der Waals surface area contributed by atoms with Gasteiger partial charge in [0.2, 0.25) is 5.60 Å². The number of Topliss-reactive ketones (excluding diaryl/α,β-unsaturated/α-hetero) is 2. The lowest BCUT2D eigenvalue weighted by molar-refractivity contribution is -0.176. The number of rotatable bonds is 7. The van der Waals surface area contributed by atoms with E-state index in [1.54, 1.807) is 0 Å². The lowest BCUT2D eigenvalue weighted by atomic mass is 9.69. The maximum Gasteiger partial charge on any atom is 0.358 e. The van der Waals surface area contributed by atoms with E-state index in [0.29, 0.717) is 0 Å². The summed E-state index contributed by atoms with van der Waals surface area (Å²) in [6.07, 6.45) is -4.84. The molecule has 2 aromatic carbocycles. The van der Waals surface area contributed by atoms with Crippen molar-refractivity contribution in [2.45, 2.75) is 56.5 Å². The van der Waals surface area contributed by atoms with E-state index in [1.165, 1.54) is 32.0 Å². The maximum atomic E-state index is 13.7. The van der Waals surface area contributed by atoms with Gasteiger partial charge in [-0.2, -0.15) is 0 Å². The number of methoxy groups -OCH3 is 3. The molecule has 0 saturated heterocycles. The summed E-state index contributed by atoms with van der Waals surface area (Å²) in [5, 5.41) is 56.1. The van der Waals surface area contributed by atoms with E-state index in [1.807, 2.05) is 0 Å². The van der Waals surface area contributed by atoms with Crippen LogP contribution in [0.3, 0.4) is 0 Å². The summed E-state index contributed by atoms with van der Waals surface area (Å²) in [5.41, 5.74) is -6.56. The van der Waals surface area contributed by atoms with E-state index >= 15 is 0 Å². The van der Waals surface area contributed by atoms with Crippen molar-refractivity contribution in [3.8, 4) is 34.1 Å². The minimum atomic E-state index is -2.55. The Labute approximate surface area is 273 Å². The van der Waals surface area contributed by atoms with Crippen molar-refractivity contribution in [1.82, 2.24) is 0 Å². The third-order valence-corrected chi connectivity index (χ3v) is 9.16. The predicted molar refractivity (Wildman–Crippen MR) is 161 cm³/mol. The van der Waals surface area contributed by atoms with E-state index in [9.17, 15) is 49.5 Å². The van der Waals surface area contributed by atoms with Gasteiger partial charge in [0.15, 0.2) is 11.6 Å². The second-order valence-electron chi connectivity index (χ2n) is 12.1. The fraction of sp³-hybridized carbons (Fsp3) is 0.424. The standard InChI is InChI=1S/C33H34O15/c1-13-10-18(35)24-26(39)23-17(34)8-6-16(27(23)48-33(24,29(13)41)31(43)46-5)15-7-9-20-22(25(15)38)19(36)12-32(47-20,30(42)45-4)28(40)14(2)11-21(37)44-3/h6-9,13-14,28-29,34,38-41H,10-12H2,1-5H3/t13-,14-,28+,29+,32-,33+/m0/s1. The molecule has 6 atom stereocenters. The highest BCUT2D eigenvalue weighted by molar-refractivity contribution is 6.13. The van der Waals surface area contributed by atoms with E-state index in [4.69, 9.17) is 18.9 Å². The average molecular weight is 671 g/mol. The number of hydrogen-bond donors (Lipinski definition) is 5. The molecule has 0 aromatic heterocycles. The third-order valence-electron chi connectivity index (χ3n) is 9.16. The number of phenols is 2. The molecular weight excluding hydrogens is 636 g/mol. The number of aliphatic hydroxyl groups is 3. The zero-order chi connectivity index (χ0) is 35.5. The second kappa shape index (κ2) is 12.1. The molecule has 15 nitrogen and oxygen atoms in total. The number of ether oxygens (including phenoxy) is 5. The molecular formula is C33H34O15. The number of aromatic hydroxyl groups is 2. The monoisotopic (exact) mass is 670 g/mol. The summed E-state index contributed by atoms with van der Waals surface area (Å²) < 4.78 is 26.4. The Kier molecular flexibility index (Phi) is 8.65. The summed E-state index contributed by atoms with van der Waals surface area (Å²) in [5.74, 6) is -9.29. The van der Waals surface area contributed by atoms with Gasteiger partial charge in [-0.25, -0.2) is 9.59 Å². The van der Waals surface area contributed by atoms with Crippen LogP contribution in [0.25, 0.3) is 16.9 Å². The number of fused-ring (bicyclic) bond motifs is 3. The molecule has 0 radical (unpaired) electrons. The SMILES string of the molecule is COC(=O)C[C@H](C)[C@@H](O)[C@]1(C(=O)OC)CC(=O)c2c(ccc(-c3ccc(O)c4c3O[C@]3(C(=O)OC)C(=C4O)C(=O)C[C@H](C)[C@H]3O)c2O)O1. The Bertz CT molecular complexity index is 1780. The molecule has 48 heavy (non-hydrogen) atoms. The van der Waals surface area contributed by atoms with Gasteiger partial charge in [0, 0.05) is 17.5 Å². The normalized spacial score (nSPS) is 25.7. The molecule has 1 fully saturated rings. The molecule has 5 N–H and O–H groups in total. The van der Waals surface area contributed by atoms with Crippen molar-refractivity contribution in [1.29, 1.82) is 0 Å². The lowest BCUT2D eigenvalue weighted by Crippen LogP contribution is -2.64. The molecule has 2 aliphatic heterocycles. The first-order valence-corrected chi connectivity index (χ1v) is 14.8. The van der Waals surface area contributed by atoms with Gasteiger partial charge >= 0.3 is 17.9 Å². The topological polar surface area (TPSA) is 233 Å². The molecule has 5 rings (SSSR count). The first kappa shape index (κ1) is 34.2. The Morgan fingerprint density at radius 3 is 2.19 bits per heavy atom. The number of aliphatic hydroxyl groups excluding tert-OH is 3. The largest absolute Gasteiger partial charge is 0.507 e. The Morgan fingerprint density at radius 2 is 1.56 bits per heavy atom. The van der Waals surface area contributed by atoms with Crippen LogP contribution in [0.15, 0.2) is 29.8 Å². The second-order valence-corrected chi connectivity index (χ2v) is 12.1. The Hall–Kier alpha value is -5.15. The van der Waals surface area contributed by atoms with E-state index in [-0.39, 0.29) is 29.7 Å². The van der Waals surface area contributed by atoms with Gasteiger partial charge < -0.3 is 49.2 Å². The Morgan fingerprint density at radius 1 is 0.917 bits per heavy atom. The van der Waals surface area contributed by atoms with Gasteiger partial charge in [-0.05, 0) is 36.1 Å². The quantitative estimate of drug-likeness (QED) is 0.209. The first-order valence-electron chi connectivity index (χ1n) is 14.8. The van der Waals surface area contributed by atoms with Crippen LogP contribution in [-0.2, 0) is 33.4 Å². The van der Waals surface area contributed by atoms with Crippen molar-refractivity contribution in [2.24, 2.45) is 11.8 Å². The van der Waals surface area contributed by atoms with Crippen LogP contribution < -0.4 is 9.47 Å².